The van der Waals surface area contributed by atoms with Crippen molar-refractivity contribution in [3.8, 4) is 11.3 Å². The quantitative estimate of drug-likeness (QED) is 0.765. The Labute approximate surface area is 164 Å². The maximum atomic E-state index is 13.3. The fourth-order valence-electron chi connectivity index (χ4n) is 3.77. The van der Waals surface area contributed by atoms with Crippen molar-refractivity contribution in [1.82, 2.24) is 14.8 Å². The van der Waals surface area contributed by atoms with E-state index in [4.69, 9.17) is 0 Å². The minimum absolute atomic E-state index is 0.0963. The first-order valence-electron chi connectivity index (χ1n) is 9.49. The average molecular weight is 373 g/mol. The molecule has 0 saturated carbocycles. The zero-order valence-electron chi connectivity index (χ0n) is 15.8. The van der Waals surface area contributed by atoms with Crippen LogP contribution in [0, 0.1) is 0 Å². The van der Waals surface area contributed by atoms with E-state index in [1.807, 2.05) is 84.4 Å². The third kappa shape index (κ3) is 3.43. The molecule has 5 nitrogen and oxygen atoms in total. The summed E-state index contributed by atoms with van der Waals surface area (Å²) >= 11 is 0. The third-order valence-corrected chi connectivity index (χ3v) is 5.27. The van der Waals surface area contributed by atoms with E-state index in [1.165, 1.54) is 0 Å². The predicted octanol–water partition coefficient (Wildman–Crippen LogP) is 2.88. The van der Waals surface area contributed by atoms with Crippen LogP contribution in [0.15, 0.2) is 72.8 Å². The molecule has 1 aliphatic heterocycles. The molecule has 2 aromatic carbocycles. The van der Waals surface area contributed by atoms with Gasteiger partial charge in [0.1, 0.15) is 11.7 Å². The molecule has 1 N–H and O–H groups in total. The van der Waals surface area contributed by atoms with Crippen molar-refractivity contribution in [3.63, 3.8) is 0 Å². The van der Waals surface area contributed by atoms with Crippen molar-refractivity contribution in [1.29, 1.82) is 0 Å². The second-order valence-corrected chi connectivity index (χ2v) is 7.02. The molecule has 0 bridgehead atoms. The highest BCUT2D eigenvalue weighted by molar-refractivity contribution is 5.98. The maximum absolute atomic E-state index is 13.3. The number of aromatic nitrogens is 1. The van der Waals surface area contributed by atoms with Crippen LogP contribution in [0.1, 0.15) is 16.1 Å². The summed E-state index contributed by atoms with van der Waals surface area (Å²) in [6, 6.07) is 23.1. The summed E-state index contributed by atoms with van der Waals surface area (Å²) < 4.78 is 1.91. The molecule has 0 spiro atoms. The molecule has 1 atom stereocenters. The summed E-state index contributed by atoms with van der Waals surface area (Å²) in [7, 11) is 1.89. The van der Waals surface area contributed by atoms with E-state index in [1.54, 1.807) is 4.90 Å². The summed E-state index contributed by atoms with van der Waals surface area (Å²) in [6.45, 7) is 0.986. The van der Waals surface area contributed by atoms with Crippen LogP contribution in [0.3, 0.4) is 0 Å². The number of piperazine rings is 1. The SMILES string of the molecule is Cn1c(C(=O)N2CCNC(=O)[C@@H]2Cc2ccccc2)ccc1-c1ccccc1. The number of carbonyl (C=O) groups is 2. The van der Waals surface area contributed by atoms with Crippen molar-refractivity contribution >= 4 is 11.8 Å². The van der Waals surface area contributed by atoms with Crippen LogP contribution in [0.25, 0.3) is 11.3 Å². The zero-order chi connectivity index (χ0) is 19.5. The Kier molecular flexibility index (Phi) is 4.98. The number of carbonyl (C=O) groups excluding carboxylic acids is 2. The number of nitrogens with one attached hydrogen (secondary N) is 1. The Morgan fingerprint density at radius 1 is 1.00 bits per heavy atom. The summed E-state index contributed by atoms with van der Waals surface area (Å²) in [4.78, 5) is 27.6. The van der Waals surface area contributed by atoms with Gasteiger partial charge in [0.15, 0.2) is 0 Å². The van der Waals surface area contributed by atoms with Crippen molar-refractivity contribution in [2.45, 2.75) is 12.5 Å². The molecule has 1 saturated heterocycles. The van der Waals surface area contributed by atoms with E-state index in [0.29, 0.717) is 25.2 Å². The fraction of sp³-hybridized carbons (Fsp3) is 0.217. The van der Waals surface area contributed by atoms with Gasteiger partial charge in [-0.25, -0.2) is 0 Å². The van der Waals surface area contributed by atoms with Crippen LogP contribution in [0.2, 0.25) is 0 Å². The van der Waals surface area contributed by atoms with Crippen LogP contribution in [-0.2, 0) is 18.3 Å². The molecule has 1 aromatic heterocycles. The minimum Gasteiger partial charge on any atom is -0.353 e. The lowest BCUT2D eigenvalue weighted by atomic mass is 10.0. The van der Waals surface area contributed by atoms with Gasteiger partial charge in [0, 0.05) is 32.3 Å². The van der Waals surface area contributed by atoms with E-state index in [-0.39, 0.29) is 11.8 Å². The van der Waals surface area contributed by atoms with Gasteiger partial charge in [-0.15, -0.1) is 0 Å². The van der Waals surface area contributed by atoms with E-state index in [0.717, 1.165) is 16.8 Å². The van der Waals surface area contributed by atoms with E-state index in [9.17, 15) is 9.59 Å². The lowest BCUT2D eigenvalue weighted by Crippen LogP contribution is -2.58. The van der Waals surface area contributed by atoms with Crippen molar-refractivity contribution in [2.75, 3.05) is 13.1 Å². The molecule has 0 radical (unpaired) electrons. The smallest absolute Gasteiger partial charge is 0.271 e. The summed E-state index contributed by atoms with van der Waals surface area (Å²) in [5.41, 5.74) is 3.66. The Bertz CT molecular complexity index is 980. The maximum Gasteiger partial charge on any atom is 0.271 e. The molecule has 1 aliphatic rings. The molecule has 3 aromatic rings. The van der Waals surface area contributed by atoms with Crippen molar-refractivity contribution < 1.29 is 9.59 Å². The van der Waals surface area contributed by atoms with Gasteiger partial charge in [0.05, 0.1) is 0 Å². The molecule has 5 heteroatoms. The molecular formula is C23H23N3O2. The number of amides is 2. The second-order valence-electron chi connectivity index (χ2n) is 7.02. The van der Waals surface area contributed by atoms with E-state index < -0.39 is 6.04 Å². The molecule has 28 heavy (non-hydrogen) atoms. The Morgan fingerprint density at radius 3 is 2.39 bits per heavy atom. The molecule has 142 valence electrons. The van der Waals surface area contributed by atoms with E-state index >= 15 is 0 Å². The Hall–Kier alpha value is -3.34. The van der Waals surface area contributed by atoms with Gasteiger partial charge in [-0.1, -0.05) is 60.7 Å². The summed E-state index contributed by atoms with van der Waals surface area (Å²) in [5, 5.41) is 2.89. The minimum atomic E-state index is -0.501. The van der Waals surface area contributed by atoms with Crippen LogP contribution < -0.4 is 5.32 Å². The monoisotopic (exact) mass is 373 g/mol. The number of benzene rings is 2. The van der Waals surface area contributed by atoms with Gasteiger partial charge in [-0.3, -0.25) is 9.59 Å². The lowest BCUT2D eigenvalue weighted by Gasteiger charge is -2.35. The van der Waals surface area contributed by atoms with Crippen LogP contribution in [-0.4, -0.2) is 40.4 Å². The molecule has 2 heterocycles. The first-order valence-corrected chi connectivity index (χ1v) is 9.49. The standard InChI is InChI=1S/C23H23N3O2/c1-25-19(18-10-6-3-7-11-18)12-13-20(25)23(28)26-15-14-24-22(27)21(26)16-17-8-4-2-5-9-17/h2-13,21H,14-16H2,1H3,(H,24,27)/t21-/m0/s1. The normalized spacial score (nSPS) is 16.7. The zero-order valence-corrected chi connectivity index (χ0v) is 15.8. The largest absolute Gasteiger partial charge is 0.353 e. The van der Waals surface area contributed by atoms with Gasteiger partial charge in [0.2, 0.25) is 5.91 Å². The molecule has 1 fully saturated rings. The number of hydrogen-bond acceptors (Lipinski definition) is 2. The molecular weight excluding hydrogens is 350 g/mol. The third-order valence-electron chi connectivity index (χ3n) is 5.27. The average Bonchev–Trinajstić information content (AvgIpc) is 3.12. The van der Waals surface area contributed by atoms with Crippen LogP contribution in [0.4, 0.5) is 0 Å². The molecule has 4 rings (SSSR count). The number of rotatable bonds is 4. The van der Waals surface area contributed by atoms with Gasteiger partial charge in [0.25, 0.3) is 5.91 Å². The molecule has 2 amide bonds. The van der Waals surface area contributed by atoms with Crippen molar-refractivity contribution in [2.24, 2.45) is 7.05 Å². The Morgan fingerprint density at radius 2 is 1.68 bits per heavy atom. The number of nitrogens with zero attached hydrogens (tertiary/aromatic N) is 2. The highest BCUT2D eigenvalue weighted by Gasteiger charge is 2.34. The van der Waals surface area contributed by atoms with Gasteiger partial charge in [-0.2, -0.15) is 0 Å². The highest BCUT2D eigenvalue weighted by Crippen LogP contribution is 2.23. The van der Waals surface area contributed by atoms with Crippen LogP contribution >= 0.6 is 0 Å². The Balaban J connectivity index is 1.62. The topological polar surface area (TPSA) is 54.3 Å². The van der Waals surface area contributed by atoms with Gasteiger partial charge >= 0.3 is 0 Å². The van der Waals surface area contributed by atoms with Gasteiger partial charge in [-0.05, 0) is 23.3 Å². The predicted molar refractivity (Wildman–Crippen MR) is 109 cm³/mol. The first-order chi connectivity index (χ1) is 13.6. The van der Waals surface area contributed by atoms with Crippen LogP contribution in [0.5, 0.6) is 0 Å². The summed E-state index contributed by atoms with van der Waals surface area (Å²) in [6.07, 6.45) is 0.508. The summed E-state index contributed by atoms with van der Waals surface area (Å²) in [5.74, 6) is -0.207. The highest BCUT2D eigenvalue weighted by atomic mass is 16.2. The fourth-order valence-corrected chi connectivity index (χ4v) is 3.77. The molecule has 0 unspecified atom stereocenters. The second kappa shape index (κ2) is 7.72. The molecule has 0 aliphatic carbocycles. The van der Waals surface area contributed by atoms with Crippen molar-refractivity contribution in [3.05, 3.63) is 84.1 Å². The number of hydrogen-bond donors (Lipinski definition) is 1. The lowest BCUT2D eigenvalue weighted by molar-refractivity contribution is -0.127. The first kappa shape index (κ1) is 18.0. The van der Waals surface area contributed by atoms with Gasteiger partial charge < -0.3 is 14.8 Å². The van der Waals surface area contributed by atoms with E-state index in [2.05, 4.69) is 5.32 Å².